The Morgan fingerprint density at radius 2 is 0.771 bits per heavy atom. The zero-order valence-electron chi connectivity index (χ0n) is 22.3. The van der Waals surface area contributed by atoms with Crippen molar-refractivity contribution in [2.45, 2.75) is 117 Å². The molecule has 0 saturated heterocycles. The molecule has 0 fully saturated rings. The van der Waals surface area contributed by atoms with Crippen LogP contribution in [-0.4, -0.2) is 11.4 Å². The number of benzene rings is 2. The van der Waals surface area contributed by atoms with Gasteiger partial charge in [-0.05, 0) is 49.9 Å². The van der Waals surface area contributed by atoms with Crippen LogP contribution >= 0.6 is 0 Å². The summed E-state index contributed by atoms with van der Waals surface area (Å²) in [4.78, 5) is 10.2. The summed E-state index contributed by atoms with van der Waals surface area (Å²) in [6, 6.07) is 20.8. The van der Waals surface area contributed by atoms with E-state index < -0.39 is 0 Å². The van der Waals surface area contributed by atoms with Crippen LogP contribution in [0.25, 0.3) is 0 Å². The molecule has 2 aromatic rings. The van der Waals surface area contributed by atoms with E-state index in [1.54, 1.807) is 0 Å². The van der Waals surface area contributed by atoms with Gasteiger partial charge in [-0.1, -0.05) is 127 Å². The summed E-state index contributed by atoms with van der Waals surface area (Å²) in [5, 5.41) is 0. The summed E-state index contributed by atoms with van der Waals surface area (Å²) >= 11 is 0. The molecule has 0 aliphatic heterocycles. The van der Waals surface area contributed by atoms with Crippen molar-refractivity contribution in [3.63, 3.8) is 0 Å². The first-order valence-corrected chi connectivity index (χ1v) is 14.1. The van der Waals surface area contributed by atoms with Crippen LogP contribution in [0.5, 0.6) is 0 Å². The Hall–Kier alpha value is -1.73. The second kappa shape index (κ2) is 21.5. The first kappa shape index (κ1) is 31.3. The first-order chi connectivity index (χ1) is 16.8. The normalized spacial score (nSPS) is 11.9. The maximum absolute atomic E-state index is 5.12. The first-order valence-electron chi connectivity index (χ1n) is 14.1. The predicted octanol–water partition coefficient (Wildman–Crippen LogP) is 10.8. The molecule has 0 aliphatic rings. The minimum absolute atomic E-state index is 0. The predicted molar refractivity (Wildman–Crippen MR) is 152 cm³/mol. The Morgan fingerprint density at radius 1 is 0.457 bits per heavy atom. The van der Waals surface area contributed by atoms with E-state index in [4.69, 9.17) is 9.98 Å². The third-order valence-electron chi connectivity index (χ3n) is 6.41. The molecule has 0 saturated carbocycles. The number of aliphatic imine (C=N–C) groups is 2. The Balaban J connectivity index is 0.00000612. The van der Waals surface area contributed by atoms with Gasteiger partial charge in [-0.25, -0.2) is 0 Å². The average Bonchev–Trinajstić information content (AvgIpc) is 2.87. The number of rotatable bonds is 19. The van der Waals surface area contributed by atoms with Gasteiger partial charge >= 0.3 is 0 Å². The van der Waals surface area contributed by atoms with E-state index in [2.05, 4.69) is 74.5 Å². The van der Waals surface area contributed by atoms with Crippen molar-refractivity contribution in [3.8, 4) is 0 Å². The molecule has 2 nitrogen and oxygen atoms in total. The van der Waals surface area contributed by atoms with Crippen LogP contribution in [0.1, 0.15) is 117 Å². The van der Waals surface area contributed by atoms with Crippen molar-refractivity contribution in [3.05, 3.63) is 60.7 Å². The molecule has 0 radical (unpaired) electrons. The average molecular weight is 519 g/mol. The Kier molecular flexibility index (Phi) is 19.3. The molecule has 0 unspecified atom stereocenters. The van der Waals surface area contributed by atoms with Crippen molar-refractivity contribution in [2.24, 2.45) is 9.98 Å². The summed E-state index contributed by atoms with van der Waals surface area (Å²) in [5.41, 5.74) is 4.45. The Bertz CT molecular complexity index is 799. The standard InChI is InChI=1S/C32H48N2.Ni/c1-3-5-7-9-10-11-12-13-14-22-28-32(34-30-25-19-16-20-26-30)31(27-21-8-6-4-2)33-29-23-17-15-18-24-29;/h15-20,23-26H,3-14,21-22,27-28H2,1-2H3;. The minimum atomic E-state index is 0. The zero-order chi connectivity index (χ0) is 24.1. The molecule has 0 bridgehead atoms. The fourth-order valence-electron chi connectivity index (χ4n) is 4.35. The summed E-state index contributed by atoms with van der Waals surface area (Å²) in [5.74, 6) is 0. The smallest absolute Gasteiger partial charge is 0.0633 e. The van der Waals surface area contributed by atoms with Crippen LogP contribution in [0.2, 0.25) is 0 Å². The summed E-state index contributed by atoms with van der Waals surface area (Å²) in [7, 11) is 0. The molecule has 0 amide bonds. The fourth-order valence-corrected chi connectivity index (χ4v) is 4.35. The van der Waals surface area contributed by atoms with Gasteiger partial charge in [0.25, 0.3) is 0 Å². The van der Waals surface area contributed by atoms with Crippen LogP contribution in [-0.2, 0) is 16.5 Å². The van der Waals surface area contributed by atoms with Gasteiger partial charge in [0.2, 0.25) is 0 Å². The Labute approximate surface area is 226 Å². The van der Waals surface area contributed by atoms with Crippen LogP contribution in [0.4, 0.5) is 11.4 Å². The Morgan fingerprint density at radius 3 is 1.14 bits per heavy atom. The molecule has 196 valence electrons. The molecule has 2 aromatic carbocycles. The maximum Gasteiger partial charge on any atom is 0.0633 e. The van der Waals surface area contributed by atoms with Gasteiger partial charge in [0.1, 0.15) is 0 Å². The molecule has 0 aromatic heterocycles. The SMILES string of the molecule is CCCCCCCCCCCCC(=Nc1ccccc1)C(CCCCCC)=Nc1ccccc1.[Ni]. The third kappa shape index (κ3) is 15.1. The van der Waals surface area contributed by atoms with Crippen molar-refractivity contribution >= 4 is 22.8 Å². The molecular weight excluding hydrogens is 471 g/mol. The van der Waals surface area contributed by atoms with Gasteiger partial charge in [-0.15, -0.1) is 0 Å². The van der Waals surface area contributed by atoms with Gasteiger partial charge < -0.3 is 0 Å². The molecule has 0 N–H and O–H groups in total. The van der Waals surface area contributed by atoms with Gasteiger partial charge in [0.15, 0.2) is 0 Å². The number of para-hydroxylation sites is 2. The van der Waals surface area contributed by atoms with Crippen LogP contribution in [0.15, 0.2) is 70.6 Å². The van der Waals surface area contributed by atoms with E-state index in [1.807, 2.05) is 0 Å². The second-order valence-electron chi connectivity index (χ2n) is 9.53. The molecular formula is C32H48N2Ni. The fraction of sp³-hybridized carbons (Fsp3) is 0.562. The summed E-state index contributed by atoms with van der Waals surface area (Å²) in [6.07, 6.45) is 20.6. The van der Waals surface area contributed by atoms with Crippen LogP contribution in [0.3, 0.4) is 0 Å². The summed E-state index contributed by atoms with van der Waals surface area (Å²) < 4.78 is 0. The van der Waals surface area contributed by atoms with Gasteiger partial charge in [0.05, 0.1) is 22.8 Å². The van der Waals surface area contributed by atoms with Gasteiger partial charge in [0, 0.05) is 16.5 Å². The topological polar surface area (TPSA) is 24.7 Å². The van der Waals surface area contributed by atoms with Gasteiger partial charge in [-0.2, -0.15) is 0 Å². The maximum atomic E-state index is 5.12. The number of hydrogen-bond acceptors (Lipinski definition) is 2. The molecule has 0 aliphatic carbocycles. The van der Waals surface area contributed by atoms with E-state index in [0.29, 0.717) is 0 Å². The zero-order valence-corrected chi connectivity index (χ0v) is 23.3. The number of hydrogen-bond donors (Lipinski definition) is 0. The molecule has 0 spiro atoms. The molecule has 3 heteroatoms. The van der Waals surface area contributed by atoms with Crippen molar-refractivity contribution in [1.29, 1.82) is 0 Å². The number of unbranched alkanes of at least 4 members (excludes halogenated alkanes) is 12. The third-order valence-corrected chi connectivity index (χ3v) is 6.41. The summed E-state index contributed by atoms with van der Waals surface area (Å²) in [6.45, 7) is 4.56. The van der Waals surface area contributed by atoms with Crippen molar-refractivity contribution < 1.29 is 16.5 Å². The van der Waals surface area contributed by atoms with E-state index >= 15 is 0 Å². The van der Waals surface area contributed by atoms with Crippen molar-refractivity contribution in [1.82, 2.24) is 0 Å². The quantitative estimate of drug-likeness (QED) is 0.100. The van der Waals surface area contributed by atoms with Gasteiger partial charge in [-0.3, -0.25) is 9.98 Å². The van der Waals surface area contributed by atoms with E-state index in [0.717, 1.165) is 24.2 Å². The van der Waals surface area contributed by atoms with E-state index in [9.17, 15) is 0 Å². The monoisotopic (exact) mass is 518 g/mol. The molecule has 2 rings (SSSR count). The largest absolute Gasteiger partial charge is 0.252 e. The molecule has 35 heavy (non-hydrogen) atoms. The second-order valence-corrected chi connectivity index (χ2v) is 9.53. The number of nitrogens with zero attached hydrogens (tertiary/aromatic N) is 2. The minimum Gasteiger partial charge on any atom is -0.252 e. The van der Waals surface area contributed by atoms with Crippen molar-refractivity contribution in [2.75, 3.05) is 0 Å². The molecule has 0 heterocycles. The molecule has 0 atom stereocenters. The van der Waals surface area contributed by atoms with Crippen LogP contribution in [0, 0.1) is 0 Å². The van der Waals surface area contributed by atoms with E-state index in [-0.39, 0.29) is 16.5 Å². The van der Waals surface area contributed by atoms with E-state index in [1.165, 1.54) is 101 Å². The van der Waals surface area contributed by atoms with Crippen LogP contribution < -0.4 is 0 Å².